The average Bonchev–Trinajstić information content (AvgIpc) is 3.17. The summed E-state index contributed by atoms with van der Waals surface area (Å²) in [6, 6.07) is 10.0. The quantitative estimate of drug-likeness (QED) is 0.486. The van der Waals surface area contributed by atoms with Crippen molar-refractivity contribution < 1.29 is 18.0 Å². The van der Waals surface area contributed by atoms with Crippen LogP contribution in [-0.2, 0) is 11.0 Å². The molecule has 1 saturated heterocycles. The van der Waals surface area contributed by atoms with Crippen LogP contribution in [0.15, 0.2) is 42.5 Å². The minimum atomic E-state index is -4.45. The normalized spacial score (nSPS) is 23.6. The third-order valence-corrected chi connectivity index (χ3v) is 6.72. The van der Waals surface area contributed by atoms with E-state index in [-0.39, 0.29) is 23.0 Å². The molecule has 2 aliphatic rings. The maximum atomic E-state index is 13.1. The van der Waals surface area contributed by atoms with E-state index in [1.165, 1.54) is 18.2 Å². The number of nitrogens with zero attached hydrogens (tertiary/aromatic N) is 1. The topological polar surface area (TPSA) is 82.2 Å². The molecule has 0 aromatic heterocycles. The second kappa shape index (κ2) is 8.58. The zero-order valence-corrected chi connectivity index (χ0v) is 17.9. The number of alkyl halides is 3. The van der Waals surface area contributed by atoms with E-state index in [9.17, 15) is 18.0 Å². The van der Waals surface area contributed by atoms with Gasteiger partial charge in [-0.3, -0.25) is 10.2 Å². The first-order valence-electron chi connectivity index (χ1n) is 10.8. The molecule has 2 aromatic carbocycles. The summed E-state index contributed by atoms with van der Waals surface area (Å²) in [7, 11) is 2.11. The van der Waals surface area contributed by atoms with Crippen molar-refractivity contribution in [1.29, 1.82) is 5.41 Å². The van der Waals surface area contributed by atoms with Gasteiger partial charge in [0.2, 0.25) is 0 Å². The highest BCUT2D eigenvalue weighted by atomic mass is 19.4. The van der Waals surface area contributed by atoms with Crippen LogP contribution in [0.5, 0.6) is 0 Å². The zero-order valence-electron chi connectivity index (χ0n) is 17.9. The fourth-order valence-electron chi connectivity index (χ4n) is 5.05. The minimum Gasteiger partial charge on any atom is -0.398 e. The molecule has 170 valence electrons. The SMILES string of the molecule is CN1CCCC2CC(NC(=O)C(=N)c3cc(-c4cccc(C(F)(F)F)c4)ccc3N)CC21. The fraction of sp³-hybridized carbons (Fsp3) is 0.417. The van der Waals surface area contributed by atoms with Crippen molar-refractivity contribution in [2.45, 2.75) is 43.9 Å². The highest BCUT2D eigenvalue weighted by Gasteiger charge is 2.39. The molecule has 1 amide bonds. The fourth-order valence-corrected chi connectivity index (χ4v) is 5.05. The van der Waals surface area contributed by atoms with E-state index < -0.39 is 17.6 Å². The number of carbonyl (C=O) groups is 1. The lowest BCUT2D eigenvalue weighted by Crippen LogP contribution is -2.41. The van der Waals surface area contributed by atoms with E-state index in [0.717, 1.165) is 44.4 Å². The first-order valence-corrected chi connectivity index (χ1v) is 10.8. The molecule has 1 heterocycles. The Hall–Kier alpha value is -2.87. The van der Waals surface area contributed by atoms with Crippen molar-refractivity contribution in [1.82, 2.24) is 10.2 Å². The van der Waals surface area contributed by atoms with Gasteiger partial charge in [0.15, 0.2) is 0 Å². The molecule has 1 saturated carbocycles. The zero-order chi connectivity index (χ0) is 23.0. The van der Waals surface area contributed by atoms with Gasteiger partial charge in [-0.1, -0.05) is 18.2 Å². The Labute approximate surface area is 185 Å². The van der Waals surface area contributed by atoms with Crippen LogP contribution in [0, 0.1) is 11.3 Å². The maximum Gasteiger partial charge on any atom is 0.416 e. The Kier molecular flexibility index (Phi) is 5.99. The summed E-state index contributed by atoms with van der Waals surface area (Å²) in [5.41, 5.74) is 6.24. The van der Waals surface area contributed by atoms with Crippen LogP contribution >= 0.6 is 0 Å². The van der Waals surface area contributed by atoms with E-state index in [4.69, 9.17) is 11.1 Å². The van der Waals surface area contributed by atoms with E-state index in [2.05, 4.69) is 17.3 Å². The Balaban J connectivity index is 1.51. The molecule has 0 spiro atoms. The van der Waals surface area contributed by atoms with Gasteiger partial charge in [-0.05, 0) is 80.6 Å². The maximum absolute atomic E-state index is 13.1. The van der Waals surface area contributed by atoms with E-state index in [0.29, 0.717) is 23.1 Å². The summed E-state index contributed by atoms with van der Waals surface area (Å²) in [6.45, 7) is 1.07. The van der Waals surface area contributed by atoms with Crippen LogP contribution in [0.25, 0.3) is 11.1 Å². The lowest BCUT2D eigenvalue weighted by molar-refractivity contribution is -0.137. The minimum absolute atomic E-state index is 0.00581. The van der Waals surface area contributed by atoms with Crippen molar-refractivity contribution in [3.05, 3.63) is 53.6 Å². The number of piperidine rings is 1. The van der Waals surface area contributed by atoms with Crippen LogP contribution in [0.4, 0.5) is 18.9 Å². The molecule has 2 fully saturated rings. The Morgan fingerprint density at radius 1 is 1.16 bits per heavy atom. The molecule has 0 bridgehead atoms. The van der Waals surface area contributed by atoms with Crippen molar-refractivity contribution in [2.75, 3.05) is 19.3 Å². The second-order valence-electron chi connectivity index (χ2n) is 8.85. The van der Waals surface area contributed by atoms with Crippen LogP contribution in [0.3, 0.4) is 0 Å². The van der Waals surface area contributed by atoms with Gasteiger partial charge in [-0.2, -0.15) is 13.2 Å². The summed E-state index contributed by atoms with van der Waals surface area (Å²) in [5.74, 6) is 0.0479. The average molecular weight is 445 g/mol. The summed E-state index contributed by atoms with van der Waals surface area (Å²) >= 11 is 0. The second-order valence-corrected chi connectivity index (χ2v) is 8.85. The number of anilines is 1. The van der Waals surface area contributed by atoms with E-state index in [1.54, 1.807) is 12.1 Å². The standard InChI is InChI=1S/C24H27F3N4O/c1-31-9-3-5-16-11-18(13-21(16)31)30-23(32)22(29)19-12-15(7-8-20(19)28)14-4-2-6-17(10-14)24(25,26)27/h2,4,6-8,10,12,16,18,21,29H,3,5,9,11,13,28H2,1H3,(H,30,32). The van der Waals surface area contributed by atoms with Crippen LogP contribution in [-0.4, -0.2) is 42.2 Å². The summed E-state index contributed by atoms with van der Waals surface area (Å²) in [4.78, 5) is 15.2. The molecule has 3 unspecified atom stereocenters. The molecular weight excluding hydrogens is 417 g/mol. The van der Waals surface area contributed by atoms with Gasteiger partial charge in [-0.15, -0.1) is 0 Å². The number of hydrogen-bond donors (Lipinski definition) is 3. The molecule has 2 aromatic rings. The van der Waals surface area contributed by atoms with Crippen LogP contribution in [0.2, 0.25) is 0 Å². The van der Waals surface area contributed by atoms with Gasteiger partial charge in [-0.25, -0.2) is 0 Å². The molecule has 8 heteroatoms. The molecule has 1 aliphatic heterocycles. The number of fused-ring (bicyclic) bond motifs is 1. The molecule has 3 atom stereocenters. The summed E-state index contributed by atoms with van der Waals surface area (Å²) in [5, 5.41) is 11.4. The highest BCUT2D eigenvalue weighted by Crippen LogP contribution is 2.36. The number of nitrogens with two attached hydrogens (primary N) is 1. The van der Waals surface area contributed by atoms with Gasteiger partial charge >= 0.3 is 6.18 Å². The van der Waals surface area contributed by atoms with Crippen molar-refractivity contribution in [3.63, 3.8) is 0 Å². The van der Waals surface area contributed by atoms with Crippen molar-refractivity contribution in [2.24, 2.45) is 5.92 Å². The number of benzene rings is 2. The van der Waals surface area contributed by atoms with Gasteiger partial charge in [0.25, 0.3) is 5.91 Å². The molecule has 1 aliphatic carbocycles. The largest absolute Gasteiger partial charge is 0.416 e. The van der Waals surface area contributed by atoms with E-state index >= 15 is 0 Å². The van der Waals surface area contributed by atoms with Crippen LogP contribution in [0.1, 0.15) is 36.8 Å². The number of rotatable bonds is 4. The Bertz CT molecular complexity index is 1040. The van der Waals surface area contributed by atoms with Crippen LogP contribution < -0.4 is 11.1 Å². The van der Waals surface area contributed by atoms with E-state index in [1.807, 2.05) is 0 Å². The molecule has 0 radical (unpaired) electrons. The van der Waals surface area contributed by atoms with Crippen molar-refractivity contribution in [3.8, 4) is 11.1 Å². The molecular formula is C24H27F3N4O. The smallest absolute Gasteiger partial charge is 0.398 e. The lowest BCUT2D eigenvalue weighted by Gasteiger charge is -2.34. The monoisotopic (exact) mass is 444 g/mol. The number of halogens is 3. The number of carbonyl (C=O) groups excluding carboxylic acids is 1. The number of amides is 1. The Morgan fingerprint density at radius 2 is 1.91 bits per heavy atom. The lowest BCUT2D eigenvalue weighted by atomic mass is 9.92. The summed E-state index contributed by atoms with van der Waals surface area (Å²) < 4.78 is 39.2. The molecule has 32 heavy (non-hydrogen) atoms. The highest BCUT2D eigenvalue weighted by molar-refractivity contribution is 6.45. The predicted molar refractivity (Wildman–Crippen MR) is 118 cm³/mol. The van der Waals surface area contributed by atoms with Gasteiger partial charge < -0.3 is 16.0 Å². The first kappa shape index (κ1) is 22.3. The number of nitrogens with one attached hydrogen (secondary N) is 2. The van der Waals surface area contributed by atoms with Crippen molar-refractivity contribution >= 4 is 17.3 Å². The van der Waals surface area contributed by atoms with Gasteiger partial charge in [0.1, 0.15) is 5.71 Å². The van der Waals surface area contributed by atoms with Gasteiger partial charge in [0, 0.05) is 23.3 Å². The predicted octanol–water partition coefficient (Wildman–Crippen LogP) is 4.31. The first-order chi connectivity index (χ1) is 15.1. The Morgan fingerprint density at radius 3 is 2.62 bits per heavy atom. The third-order valence-electron chi connectivity index (χ3n) is 6.72. The summed E-state index contributed by atoms with van der Waals surface area (Å²) in [6.07, 6.45) is -0.378. The number of hydrogen-bond acceptors (Lipinski definition) is 4. The molecule has 5 nitrogen and oxygen atoms in total. The number of nitrogen functional groups attached to an aromatic ring is 1. The van der Waals surface area contributed by atoms with Gasteiger partial charge in [0.05, 0.1) is 5.56 Å². The third kappa shape index (κ3) is 4.50. The molecule has 4 N–H and O–H groups in total. The molecule has 4 rings (SSSR count). The number of likely N-dealkylation sites (tertiary alicyclic amines) is 1.